The van der Waals surface area contributed by atoms with E-state index in [1.807, 2.05) is 0 Å². The minimum Gasteiger partial charge on any atom is -0.388 e. The SMILES string of the molecule is C=C(CC)C[C@H](CCC1(CC)CCCCC(CC[C@@H](CC)CCCN/C(=C/C)[C@@H](C)CC)C1(C)CCCC)NC. The zero-order valence-corrected chi connectivity index (χ0v) is 29.0. The predicted octanol–water partition coefficient (Wildman–Crippen LogP) is 11.6. The molecule has 0 aromatic rings. The summed E-state index contributed by atoms with van der Waals surface area (Å²) in [5, 5.41) is 7.43. The van der Waals surface area contributed by atoms with Gasteiger partial charge < -0.3 is 10.6 Å². The molecule has 236 valence electrons. The summed E-state index contributed by atoms with van der Waals surface area (Å²) in [6.07, 6.45) is 26.6. The normalized spacial score (nSPS) is 26.2. The summed E-state index contributed by atoms with van der Waals surface area (Å²) < 4.78 is 0. The molecule has 6 atom stereocenters. The van der Waals surface area contributed by atoms with Crippen LogP contribution in [0.4, 0.5) is 0 Å². The minimum atomic E-state index is 0.464. The summed E-state index contributed by atoms with van der Waals surface area (Å²) >= 11 is 0. The van der Waals surface area contributed by atoms with Gasteiger partial charge in [-0.1, -0.05) is 105 Å². The van der Waals surface area contributed by atoms with Gasteiger partial charge >= 0.3 is 0 Å². The topological polar surface area (TPSA) is 24.1 Å². The Morgan fingerprint density at radius 3 is 2.33 bits per heavy atom. The Bertz CT molecular complexity index is 696. The smallest absolute Gasteiger partial charge is 0.0144 e. The van der Waals surface area contributed by atoms with E-state index in [4.69, 9.17) is 0 Å². The fourth-order valence-corrected chi connectivity index (χ4v) is 8.22. The quantitative estimate of drug-likeness (QED) is 0.0784. The number of hydrogen-bond acceptors (Lipinski definition) is 2. The van der Waals surface area contributed by atoms with Crippen LogP contribution < -0.4 is 10.6 Å². The van der Waals surface area contributed by atoms with E-state index in [1.165, 1.54) is 114 Å². The van der Waals surface area contributed by atoms with Gasteiger partial charge in [-0.2, -0.15) is 0 Å². The number of nitrogens with one attached hydrogen (secondary N) is 2. The van der Waals surface area contributed by atoms with E-state index in [0.29, 0.717) is 22.8 Å². The summed E-state index contributed by atoms with van der Waals surface area (Å²) in [6, 6.07) is 0.578. The van der Waals surface area contributed by atoms with Gasteiger partial charge in [0.05, 0.1) is 0 Å². The Kier molecular flexibility index (Phi) is 18.8. The molecular weight excluding hydrogens is 484 g/mol. The molecule has 1 aliphatic carbocycles. The second kappa shape index (κ2) is 20.2. The fourth-order valence-electron chi connectivity index (χ4n) is 8.22. The lowest BCUT2D eigenvalue weighted by molar-refractivity contribution is -0.0361. The third-order valence-electron chi connectivity index (χ3n) is 11.8. The van der Waals surface area contributed by atoms with Crippen molar-refractivity contribution in [2.75, 3.05) is 13.6 Å². The first-order valence-electron chi connectivity index (χ1n) is 17.9. The second-order valence-electron chi connectivity index (χ2n) is 13.9. The molecule has 3 unspecified atom stereocenters. The Morgan fingerprint density at radius 1 is 1.00 bits per heavy atom. The molecule has 0 saturated heterocycles. The maximum atomic E-state index is 4.34. The first kappa shape index (κ1) is 37.3. The van der Waals surface area contributed by atoms with Crippen LogP contribution in [0.15, 0.2) is 23.9 Å². The van der Waals surface area contributed by atoms with Gasteiger partial charge in [0.2, 0.25) is 0 Å². The first-order chi connectivity index (χ1) is 19.2. The maximum Gasteiger partial charge on any atom is 0.0144 e. The van der Waals surface area contributed by atoms with Crippen LogP contribution in [0.3, 0.4) is 0 Å². The van der Waals surface area contributed by atoms with Gasteiger partial charge in [-0.25, -0.2) is 0 Å². The van der Waals surface area contributed by atoms with Crippen molar-refractivity contribution in [1.29, 1.82) is 0 Å². The fraction of sp³-hybridized carbons (Fsp3) is 0.895. The van der Waals surface area contributed by atoms with Crippen molar-refractivity contribution in [1.82, 2.24) is 10.6 Å². The van der Waals surface area contributed by atoms with Crippen molar-refractivity contribution >= 4 is 0 Å². The zero-order chi connectivity index (χ0) is 30.0. The molecule has 0 spiro atoms. The standard InChI is InChI=1S/C38H74N2/c1-11-17-26-37(9)34(24-23-33(14-4)21-20-29-40-36(15-5)32(8)13-3)22-18-19-27-38(37,16-6)28-25-35(39-10)30-31(7)12-2/h15,32-35,39-40H,7,11-14,16-30H2,1-6,8-10H3/b36-15+/t32-,33-,34?,35-,37?,38?/m0/s1. The second-order valence-corrected chi connectivity index (χ2v) is 13.9. The van der Waals surface area contributed by atoms with E-state index in [2.05, 4.69) is 85.7 Å². The molecule has 2 nitrogen and oxygen atoms in total. The van der Waals surface area contributed by atoms with Crippen LogP contribution in [0.2, 0.25) is 0 Å². The van der Waals surface area contributed by atoms with Crippen LogP contribution in [0.5, 0.6) is 0 Å². The van der Waals surface area contributed by atoms with Crippen molar-refractivity contribution in [3.05, 3.63) is 23.9 Å². The highest BCUT2D eigenvalue weighted by Gasteiger charge is 2.50. The molecular formula is C38H74N2. The number of rotatable bonds is 22. The number of hydrogen-bond donors (Lipinski definition) is 2. The van der Waals surface area contributed by atoms with Crippen LogP contribution >= 0.6 is 0 Å². The predicted molar refractivity (Wildman–Crippen MR) is 182 cm³/mol. The first-order valence-corrected chi connectivity index (χ1v) is 17.9. The van der Waals surface area contributed by atoms with Gasteiger partial charge in [-0.3, -0.25) is 0 Å². The Balaban J connectivity index is 2.97. The van der Waals surface area contributed by atoms with Crippen molar-refractivity contribution in [3.63, 3.8) is 0 Å². The highest BCUT2D eigenvalue weighted by molar-refractivity contribution is 5.03. The Hall–Kier alpha value is -0.760. The average Bonchev–Trinajstić information content (AvgIpc) is 3.11. The molecule has 2 N–H and O–H groups in total. The third-order valence-corrected chi connectivity index (χ3v) is 11.8. The third kappa shape index (κ3) is 11.1. The van der Waals surface area contributed by atoms with E-state index < -0.39 is 0 Å². The lowest BCUT2D eigenvalue weighted by atomic mass is 9.52. The monoisotopic (exact) mass is 559 g/mol. The van der Waals surface area contributed by atoms with Gasteiger partial charge in [0.25, 0.3) is 0 Å². The Morgan fingerprint density at radius 2 is 1.75 bits per heavy atom. The lowest BCUT2D eigenvalue weighted by Gasteiger charge is -2.53. The van der Waals surface area contributed by atoms with Crippen LogP contribution in [0.25, 0.3) is 0 Å². The summed E-state index contributed by atoms with van der Waals surface area (Å²) in [6.45, 7) is 24.7. The molecule has 1 aliphatic rings. The summed E-state index contributed by atoms with van der Waals surface area (Å²) in [7, 11) is 2.17. The molecule has 2 heteroatoms. The molecule has 1 fully saturated rings. The van der Waals surface area contributed by atoms with E-state index in [9.17, 15) is 0 Å². The number of unbranched alkanes of at least 4 members (excludes halogenated alkanes) is 1. The van der Waals surface area contributed by atoms with Crippen molar-refractivity contribution in [2.24, 2.45) is 28.6 Å². The molecule has 1 rings (SSSR count). The minimum absolute atomic E-state index is 0.464. The lowest BCUT2D eigenvalue weighted by Crippen LogP contribution is -2.45. The highest BCUT2D eigenvalue weighted by Crippen LogP contribution is 2.60. The van der Waals surface area contributed by atoms with E-state index in [-0.39, 0.29) is 0 Å². The average molecular weight is 559 g/mol. The van der Waals surface area contributed by atoms with Crippen LogP contribution in [0, 0.1) is 28.6 Å². The van der Waals surface area contributed by atoms with E-state index in [1.54, 1.807) is 0 Å². The molecule has 0 aliphatic heterocycles. The van der Waals surface area contributed by atoms with Crippen LogP contribution in [-0.2, 0) is 0 Å². The molecule has 40 heavy (non-hydrogen) atoms. The van der Waals surface area contributed by atoms with Gasteiger partial charge in [0, 0.05) is 18.3 Å². The van der Waals surface area contributed by atoms with Crippen LogP contribution in [-0.4, -0.2) is 19.6 Å². The van der Waals surface area contributed by atoms with E-state index >= 15 is 0 Å². The molecule has 1 saturated carbocycles. The number of allylic oxidation sites excluding steroid dienone is 2. The maximum absolute atomic E-state index is 4.34. The van der Waals surface area contributed by atoms with Crippen molar-refractivity contribution < 1.29 is 0 Å². The molecule has 0 heterocycles. The summed E-state index contributed by atoms with van der Waals surface area (Å²) in [5.74, 6) is 2.41. The van der Waals surface area contributed by atoms with Gasteiger partial charge in [0.15, 0.2) is 0 Å². The van der Waals surface area contributed by atoms with Gasteiger partial charge in [0.1, 0.15) is 0 Å². The van der Waals surface area contributed by atoms with Crippen molar-refractivity contribution in [3.8, 4) is 0 Å². The Labute approximate surface area is 253 Å². The summed E-state index contributed by atoms with van der Waals surface area (Å²) in [4.78, 5) is 0. The zero-order valence-electron chi connectivity index (χ0n) is 29.0. The van der Waals surface area contributed by atoms with Gasteiger partial charge in [-0.05, 0) is 120 Å². The highest BCUT2D eigenvalue weighted by atomic mass is 14.9. The van der Waals surface area contributed by atoms with Crippen LogP contribution in [0.1, 0.15) is 171 Å². The molecule has 0 aromatic carbocycles. The largest absolute Gasteiger partial charge is 0.388 e. The van der Waals surface area contributed by atoms with Gasteiger partial charge in [-0.15, -0.1) is 0 Å². The molecule has 0 aromatic heterocycles. The molecule has 0 amide bonds. The van der Waals surface area contributed by atoms with Crippen molar-refractivity contribution in [2.45, 2.75) is 177 Å². The summed E-state index contributed by atoms with van der Waals surface area (Å²) in [5.41, 5.74) is 3.79. The molecule has 0 radical (unpaired) electrons. The molecule has 0 bridgehead atoms. The van der Waals surface area contributed by atoms with E-state index in [0.717, 1.165) is 31.2 Å².